The van der Waals surface area contributed by atoms with Crippen LogP contribution in [0.3, 0.4) is 0 Å². The molecule has 0 radical (unpaired) electrons. The van der Waals surface area contributed by atoms with E-state index in [1.54, 1.807) is 19.9 Å². The standard InChI is InChI=1S/C24H27NO7/c1-3-30-21(28)13-19-18-12-17(16-8-6-5-7-9-16)10-11-20(18)32-23(25(14-26)15-27)22(19)24(29)31-4-2/h5-12,19,26-27H,3-4,13-15H2,1-2H3. The number of hydrogen-bond acceptors (Lipinski definition) is 8. The van der Waals surface area contributed by atoms with Crippen LogP contribution in [0, 0.1) is 0 Å². The zero-order valence-electron chi connectivity index (χ0n) is 18.1. The average Bonchev–Trinajstić information content (AvgIpc) is 2.80. The van der Waals surface area contributed by atoms with Gasteiger partial charge in [-0.25, -0.2) is 4.79 Å². The molecule has 3 rings (SSSR count). The smallest absolute Gasteiger partial charge is 0.340 e. The highest BCUT2D eigenvalue weighted by Gasteiger charge is 2.39. The molecule has 2 N–H and O–H groups in total. The van der Waals surface area contributed by atoms with Crippen molar-refractivity contribution in [3.63, 3.8) is 0 Å². The molecule has 8 nitrogen and oxygen atoms in total. The number of rotatable bonds is 9. The Morgan fingerprint density at radius 2 is 1.66 bits per heavy atom. The quantitative estimate of drug-likeness (QED) is 0.452. The van der Waals surface area contributed by atoms with Crippen molar-refractivity contribution in [2.24, 2.45) is 0 Å². The topological polar surface area (TPSA) is 106 Å². The molecular weight excluding hydrogens is 414 g/mol. The number of aliphatic hydroxyl groups excluding tert-OH is 2. The lowest BCUT2D eigenvalue weighted by atomic mass is 9.84. The molecule has 1 heterocycles. The van der Waals surface area contributed by atoms with E-state index in [-0.39, 0.29) is 31.1 Å². The van der Waals surface area contributed by atoms with Crippen molar-refractivity contribution in [2.75, 3.05) is 26.7 Å². The van der Waals surface area contributed by atoms with Gasteiger partial charge in [0.2, 0.25) is 5.88 Å². The number of carbonyl (C=O) groups excluding carboxylic acids is 2. The predicted molar refractivity (Wildman–Crippen MR) is 116 cm³/mol. The summed E-state index contributed by atoms with van der Waals surface area (Å²) in [5, 5.41) is 19.4. The molecule has 0 saturated heterocycles. The van der Waals surface area contributed by atoms with Crippen molar-refractivity contribution in [1.29, 1.82) is 0 Å². The highest BCUT2D eigenvalue weighted by Crippen LogP contribution is 2.44. The second kappa shape index (κ2) is 10.8. The Kier molecular flexibility index (Phi) is 7.86. The van der Waals surface area contributed by atoms with Gasteiger partial charge in [0.05, 0.1) is 19.6 Å². The third kappa shape index (κ3) is 4.92. The fourth-order valence-corrected chi connectivity index (χ4v) is 3.63. The minimum absolute atomic E-state index is 0.0423. The summed E-state index contributed by atoms with van der Waals surface area (Å²) in [5.41, 5.74) is 2.50. The first-order valence-corrected chi connectivity index (χ1v) is 10.4. The second-order valence-electron chi connectivity index (χ2n) is 7.04. The molecule has 170 valence electrons. The molecule has 1 aliphatic heterocycles. The number of ether oxygens (including phenoxy) is 3. The highest BCUT2D eigenvalue weighted by molar-refractivity contribution is 5.93. The first kappa shape index (κ1) is 23.3. The van der Waals surface area contributed by atoms with E-state index in [9.17, 15) is 19.8 Å². The SMILES string of the molecule is CCOC(=O)CC1C(C(=O)OCC)=C(N(CO)CO)Oc2ccc(-c3ccccc3)cc21. The van der Waals surface area contributed by atoms with Gasteiger partial charge in [-0.3, -0.25) is 9.69 Å². The maximum absolute atomic E-state index is 13.0. The van der Waals surface area contributed by atoms with Crippen LogP contribution in [0.1, 0.15) is 31.7 Å². The van der Waals surface area contributed by atoms with E-state index in [0.29, 0.717) is 11.3 Å². The van der Waals surface area contributed by atoms with Gasteiger partial charge in [0.1, 0.15) is 24.8 Å². The summed E-state index contributed by atoms with van der Waals surface area (Å²) in [4.78, 5) is 26.5. The van der Waals surface area contributed by atoms with Crippen molar-refractivity contribution in [3.05, 3.63) is 65.6 Å². The average molecular weight is 441 g/mol. The third-order valence-corrected chi connectivity index (χ3v) is 5.08. The Morgan fingerprint density at radius 1 is 0.969 bits per heavy atom. The summed E-state index contributed by atoms with van der Waals surface area (Å²) in [6.07, 6.45) is -0.134. The summed E-state index contributed by atoms with van der Waals surface area (Å²) >= 11 is 0. The van der Waals surface area contributed by atoms with E-state index in [1.165, 1.54) is 0 Å². The van der Waals surface area contributed by atoms with Crippen molar-refractivity contribution < 1.29 is 34.0 Å². The van der Waals surface area contributed by atoms with Gasteiger partial charge in [0.25, 0.3) is 0 Å². The summed E-state index contributed by atoms with van der Waals surface area (Å²) in [6.45, 7) is 2.48. The Balaban J connectivity index is 2.17. The van der Waals surface area contributed by atoms with Crippen molar-refractivity contribution in [3.8, 4) is 16.9 Å². The molecule has 2 aromatic rings. The lowest BCUT2D eigenvalue weighted by Crippen LogP contribution is -2.35. The van der Waals surface area contributed by atoms with Gasteiger partial charge in [0.15, 0.2) is 0 Å². The molecule has 0 spiro atoms. The van der Waals surface area contributed by atoms with E-state index in [1.807, 2.05) is 42.5 Å². The fourth-order valence-electron chi connectivity index (χ4n) is 3.63. The Hall–Kier alpha value is -3.36. The van der Waals surface area contributed by atoms with Gasteiger partial charge in [-0.1, -0.05) is 36.4 Å². The number of hydrogen-bond donors (Lipinski definition) is 2. The normalized spacial score (nSPS) is 14.9. The molecule has 0 aliphatic carbocycles. The van der Waals surface area contributed by atoms with Crippen LogP contribution in [-0.4, -0.2) is 53.7 Å². The first-order chi connectivity index (χ1) is 15.5. The molecule has 1 aliphatic rings. The number of carbonyl (C=O) groups is 2. The Morgan fingerprint density at radius 3 is 2.28 bits per heavy atom. The Labute approximate surface area is 186 Å². The van der Waals surface area contributed by atoms with Gasteiger partial charge in [-0.15, -0.1) is 0 Å². The van der Waals surface area contributed by atoms with Gasteiger partial charge >= 0.3 is 11.9 Å². The number of aliphatic hydroxyl groups is 2. The highest BCUT2D eigenvalue weighted by atomic mass is 16.5. The van der Waals surface area contributed by atoms with E-state index < -0.39 is 31.3 Å². The zero-order valence-corrected chi connectivity index (χ0v) is 18.1. The van der Waals surface area contributed by atoms with Crippen LogP contribution in [0.25, 0.3) is 11.1 Å². The van der Waals surface area contributed by atoms with Crippen LogP contribution in [0.15, 0.2) is 60.0 Å². The maximum Gasteiger partial charge on any atom is 0.340 e. The van der Waals surface area contributed by atoms with Crippen LogP contribution in [0.5, 0.6) is 5.75 Å². The third-order valence-electron chi connectivity index (χ3n) is 5.08. The van der Waals surface area contributed by atoms with E-state index in [0.717, 1.165) is 16.0 Å². The molecule has 0 saturated carbocycles. The molecule has 1 unspecified atom stereocenters. The summed E-state index contributed by atoms with van der Waals surface area (Å²) in [7, 11) is 0. The van der Waals surface area contributed by atoms with Crippen LogP contribution in [-0.2, 0) is 19.1 Å². The van der Waals surface area contributed by atoms with Gasteiger partial charge in [0, 0.05) is 11.5 Å². The Bertz CT molecular complexity index is 983. The summed E-state index contributed by atoms with van der Waals surface area (Å²) < 4.78 is 16.3. The largest absolute Gasteiger partial charge is 0.466 e. The van der Waals surface area contributed by atoms with Crippen LogP contribution < -0.4 is 4.74 Å². The van der Waals surface area contributed by atoms with Crippen LogP contribution in [0.2, 0.25) is 0 Å². The maximum atomic E-state index is 13.0. The van der Waals surface area contributed by atoms with Crippen molar-refractivity contribution in [2.45, 2.75) is 26.2 Å². The molecule has 0 bridgehead atoms. The molecule has 0 amide bonds. The molecule has 1 atom stereocenters. The molecule has 2 aromatic carbocycles. The molecule has 0 aromatic heterocycles. The van der Waals surface area contributed by atoms with Crippen LogP contribution in [0.4, 0.5) is 0 Å². The molecule has 0 fully saturated rings. The molecular formula is C24H27NO7. The number of esters is 2. The minimum atomic E-state index is -0.754. The van der Waals surface area contributed by atoms with Gasteiger partial charge in [-0.2, -0.15) is 0 Å². The second-order valence-corrected chi connectivity index (χ2v) is 7.04. The van der Waals surface area contributed by atoms with Gasteiger partial charge in [-0.05, 0) is 37.1 Å². The van der Waals surface area contributed by atoms with Crippen molar-refractivity contribution >= 4 is 11.9 Å². The van der Waals surface area contributed by atoms with E-state index in [4.69, 9.17) is 14.2 Å². The molecule has 8 heteroatoms. The van der Waals surface area contributed by atoms with E-state index >= 15 is 0 Å². The number of fused-ring (bicyclic) bond motifs is 1. The number of benzene rings is 2. The minimum Gasteiger partial charge on any atom is -0.466 e. The van der Waals surface area contributed by atoms with E-state index in [2.05, 4.69) is 0 Å². The fraction of sp³-hybridized carbons (Fsp3) is 0.333. The van der Waals surface area contributed by atoms with Crippen LogP contribution >= 0.6 is 0 Å². The van der Waals surface area contributed by atoms with Gasteiger partial charge < -0.3 is 24.4 Å². The monoisotopic (exact) mass is 441 g/mol. The lowest BCUT2D eigenvalue weighted by Gasteiger charge is -2.33. The number of nitrogens with zero attached hydrogens (tertiary/aromatic N) is 1. The van der Waals surface area contributed by atoms with Crippen molar-refractivity contribution in [1.82, 2.24) is 4.90 Å². The zero-order chi connectivity index (χ0) is 23.1. The summed E-state index contributed by atoms with van der Waals surface area (Å²) in [6, 6.07) is 15.1. The summed E-state index contributed by atoms with van der Waals surface area (Å²) in [5.74, 6) is -1.58. The predicted octanol–water partition coefficient (Wildman–Crippen LogP) is 2.76. The molecule has 32 heavy (non-hydrogen) atoms. The first-order valence-electron chi connectivity index (χ1n) is 10.4. The lowest BCUT2D eigenvalue weighted by molar-refractivity contribution is -0.143.